The highest BCUT2D eigenvalue weighted by Crippen LogP contribution is 2.39. The summed E-state index contributed by atoms with van der Waals surface area (Å²) in [6.45, 7) is 4.71. The molecule has 2 rings (SSSR count). The Kier molecular flexibility index (Phi) is 4.12. The third kappa shape index (κ3) is 2.58. The highest BCUT2D eigenvalue weighted by atomic mass is 16.5. The molecule has 2 N–H and O–H groups in total. The van der Waals surface area contributed by atoms with Crippen LogP contribution in [0.1, 0.15) is 19.4 Å². The van der Waals surface area contributed by atoms with Crippen LogP contribution in [-0.4, -0.2) is 23.4 Å². The minimum atomic E-state index is -0.131. The standard InChI is InChI=1S/C15H18O4/c1-3-18-13-5-6-14(19-4-2)15-11(13)7-10(9-16)8-12(15)17/h5-8,16-17H,3-4,9H2,1-2H3. The molecule has 0 atom stereocenters. The van der Waals surface area contributed by atoms with E-state index < -0.39 is 0 Å². The van der Waals surface area contributed by atoms with Gasteiger partial charge in [0, 0.05) is 5.39 Å². The number of hydrogen-bond acceptors (Lipinski definition) is 4. The maximum Gasteiger partial charge on any atom is 0.131 e. The predicted octanol–water partition coefficient (Wildman–Crippen LogP) is 2.84. The van der Waals surface area contributed by atoms with Crippen molar-refractivity contribution in [1.29, 1.82) is 0 Å². The molecule has 0 aromatic heterocycles. The first-order valence-corrected chi connectivity index (χ1v) is 6.36. The van der Waals surface area contributed by atoms with Gasteiger partial charge in [0.25, 0.3) is 0 Å². The zero-order valence-corrected chi connectivity index (χ0v) is 11.1. The van der Waals surface area contributed by atoms with Crippen LogP contribution in [0.4, 0.5) is 0 Å². The normalized spacial score (nSPS) is 10.7. The van der Waals surface area contributed by atoms with E-state index in [-0.39, 0.29) is 12.4 Å². The van der Waals surface area contributed by atoms with Crippen molar-refractivity contribution in [2.24, 2.45) is 0 Å². The van der Waals surface area contributed by atoms with E-state index in [9.17, 15) is 10.2 Å². The molecule has 4 heteroatoms. The molecular weight excluding hydrogens is 244 g/mol. The van der Waals surface area contributed by atoms with Crippen molar-refractivity contribution in [2.45, 2.75) is 20.5 Å². The summed E-state index contributed by atoms with van der Waals surface area (Å²) >= 11 is 0. The first kappa shape index (κ1) is 13.5. The third-order valence-corrected chi connectivity index (χ3v) is 2.86. The second kappa shape index (κ2) is 5.80. The molecule has 0 radical (unpaired) electrons. The zero-order chi connectivity index (χ0) is 13.8. The molecule has 0 unspecified atom stereocenters. The lowest BCUT2D eigenvalue weighted by Crippen LogP contribution is -1.97. The Bertz CT molecular complexity index is 578. The van der Waals surface area contributed by atoms with Crippen LogP contribution in [0.25, 0.3) is 10.8 Å². The van der Waals surface area contributed by atoms with E-state index in [1.807, 2.05) is 26.0 Å². The van der Waals surface area contributed by atoms with Gasteiger partial charge in [0.05, 0.1) is 25.2 Å². The first-order valence-electron chi connectivity index (χ1n) is 6.36. The Morgan fingerprint density at radius 2 is 1.63 bits per heavy atom. The minimum absolute atomic E-state index is 0.0894. The molecule has 0 heterocycles. The first-order chi connectivity index (χ1) is 9.21. The Balaban J connectivity index is 2.72. The number of aliphatic hydroxyl groups excluding tert-OH is 1. The van der Waals surface area contributed by atoms with E-state index >= 15 is 0 Å². The zero-order valence-electron chi connectivity index (χ0n) is 11.1. The monoisotopic (exact) mass is 262 g/mol. The van der Waals surface area contributed by atoms with Crippen LogP contribution in [0.15, 0.2) is 24.3 Å². The fourth-order valence-corrected chi connectivity index (χ4v) is 2.11. The number of aliphatic hydroxyl groups is 1. The summed E-state index contributed by atoms with van der Waals surface area (Å²) in [4.78, 5) is 0. The molecule has 0 spiro atoms. The molecule has 0 bridgehead atoms. The summed E-state index contributed by atoms with van der Waals surface area (Å²) in [7, 11) is 0. The molecule has 0 aliphatic rings. The average molecular weight is 262 g/mol. The minimum Gasteiger partial charge on any atom is -0.507 e. The van der Waals surface area contributed by atoms with Gasteiger partial charge < -0.3 is 19.7 Å². The summed E-state index contributed by atoms with van der Waals surface area (Å²) in [5.41, 5.74) is 0.639. The molecule has 2 aromatic carbocycles. The van der Waals surface area contributed by atoms with Crippen LogP contribution >= 0.6 is 0 Å². The number of phenolic OH excluding ortho intramolecular Hbond substituents is 1. The maximum atomic E-state index is 10.1. The summed E-state index contributed by atoms with van der Waals surface area (Å²) in [5.74, 6) is 1.38. The van der Waals surface area contributed by atoms with Crippen molar-refractivity contribution in [1.82, 2.24) is 0 Å². The van der Waals surface area contributed by atoms with Crippen LogP contribution < -0.4 is 9.47 Å². The van der Waals surface area contributed by atoms with Gasteiger partial charge in [-0.05, 0) is 43.7 Å². The topological polar surface area (TPSA) is 58.9 Å². The Hall–Kier alpha value is -1.94. The van der Waals surface area contributed by atoms with Crippen molar-refractivity contribution in [3.8, 4) is 17.2 Å². The molecule has 4 nitrogen and oxygen atoms in total. The van der Waals surface area contributed by atoms with E-state index in [4.69, 9.17) is 9.47 Å². The summed E-state index contributed by atoms with van der Waals surface area (Å²) in [6, 6.07) is 6.95. The van der Waals surface area contributed by atoms with Gasteiger partial charge in [0.2, 0.25) is 0 Å². The van der Waals surface area contributed by atoms with Crippen LogP contribution in [0.2, 0.25) is 0 Å². The lowest BCUT2D eigenvalue weighted by Gasteiger charge is -2.14. The smallest absolute Gasteiger partial charge is 0.131 e. The molecule has 0 amide bonds. The van der Waals surface area contributed by atoms with Gasteiger partial charge in [-0.2, -0.15) is 0 Å². The largest absolute Gasteiger partial charge is 0.507 e. The highest BCUT2D eigenvalue weighted by molar-refractivity contribution is 5.98. The Morgan fingerprint density at radius 1 is 1.00 bits per heavy atom. The fraction of sp³-hybridized carbons (Fsp3) is 0.333. The molecule has 19 heavy (non-hydrogen) atoms. The van der Waals surface area contributed by atoms with Gasteiger partial charge in [0.15, 0.2) is 0 Å². The van der Waals surface area contributed by atoms with E-state index in [1.54, 1.807) is 12.1 Å². The van der Waals surface area contributed by atoms with Gasteiger partial charge in [-0.15, -0.1) is 0 Å². The number of rotatable bonds is 5. The fourth-order valence-electron chi connectivity index (χ4n) is 2.11. The number of benzene rings is 2. The van der Waals surface area contributed by atoms with Gasteiger partial charge in [-0.1, -0.05) is 0 Å². The van der Waals surface area contributed by atoms with Gasteiger partial charge in [-0.3, -0.25) is 0 Å². The van der Waals surface area contributed by atoms with Crippen LogP contribution in [-0.2, 0) is 6.61 Å². The molecular formula is C15H18O4. The quantitative estimate of drug-likeness (QED) is 0.870. The average Bonchev–Trinajstić information content (AvgIpc) is 2.41. The Morgan fingerprint density at radius 3 is 2.26 bits per heavy atom. The van der Waals surface area contributed by atoms with Gasteiger partial charge >= 0.3 is 0 Å². The SMILES string of the molecule is CCOc1ccc(OCC)c2c(O)cc(CO)cc12. The molecule has 2 aromatic rings. The van der Waals surface area contributed by atoms with Crippen LogP contribution in [0, 0.1) is 0 Å². The van der Waals surface area contributed by atoms with Crippen molar-refractivity contribution in [2.75, 3.05) is 13.2 Å². The number of phenols is 1. The maximum absolute atomic E-state index is 10.1. The summed E-state index contributed by atoms with van der Waals surface area (Å²) in [6.07, 6.45) is 0. The number of ether oxygens (including phenoxy) is 2. The van der Waals surface area contributed by atoms with Crippen LogP contribution in [0.3, 0.4) is 0 Å². The van der Waals surface area contributed by atoms with Crippen molar-refractivity contribution < 1.29 is 19.7 Å². The van der Waals surface area contributed by atoms with Gasteiger partial charge in [0.1, 0.15) is 17.2 Å². The number of fused-ring (bicyclic) bond motifs is 1. The number of aromatic hydroxyl groups is 1. The van der Waals surface area contributed by atoms with E-state index in [0.717, 1.165) is 5.39 Å². The van der Waals surface area contributed by atoms with Gasteiger partial charge in [-0.25, -0.2) is 0 Å². The van der Waals surface area contributed by atoms with Crippen molar-refractivity contribution in [3.63, 3.8) is 0 Å². The lowest BCUT2D eigenvalue weighted by atomic mass is 10.0. The molecule has 0 saturated carbocycles. The third-order valence-electron chi connectivity index (χ3n) is 2.86. The molecule has 102 valence electrons. The second-order valence-corrected chi connectivity index (χ2v) is 4.12. The van der Waals surface area contributed by atoms with E-state index in [0.29, 0.717) is 35.7 Å². The van der Waals surface area contributed by atoms with Crippen LogP contribution in [0.5, 0.6) is 17.2 Å². The van der Waals surface area contributed by atoms with E-state index in [2.05, 4.69) is 0 Å². The van der Waals surface area contributed by atoms with Crippen molar-refractivity contribution >= 4 is 10.8 Å². The second-order valence-electron chi connectivity index (χ2n) is 4.12. The Labute approximate surface area is 112 Å². The van der Waals surface area contributed by atoms with Crippen molar-refractivity contribution in [3.05, 3.63) is 29.8 Å². The molecule has 0 fully saturated rings. The summed E-state index contributed by atoms with van der Waals surface area (Å²) in [5, 5.41) is 20.7. The predicted molar refractivity (Wildman–Crippen MR) is 73.9 cm³/mol. The summed E-state index contributed by atoms with van der Waals surface area (Å²) < 4.78 is 11.1. The molecule has 0 aliphatic carbocycles. The lowest BCUT2D eigenvalue weighted by molar-refractivity contribution is 0.281. The molecule has 0 saturated heterocycles. The highest BCUT2D eigenvalue weighted by Gasteiger charge is 2.13. The number of hydrogen-bond donors (Lipinski definition) is 2. The van der Waals surface area contributed by atoms with E-state index in [1.165, 1.54) is 0 Å². The molecule has 0 aliphatic heterocycles.